The van der Waals surface area contributed by atoms with Gasteiger partial charge in [-0.1, -0.05) is 0 Å². The SMILES string of the molecule is N#CC[C@H](N)c1cc(F)ccc1C(F)(F)F. The van der Waals surface area contributed by atoms with E-state index >= 15 is 0 Å². The smallest absolute Gasteiger partial charge is 0.323 e. The van der Waals surface area contributed by atoms with Crippen molar-refractivity contribution in [3.63, 3.8) is 0 Å². The highest BCUT2D eigenvalue weighted by atomic mass is 19.4. The lowest BCUT2D eigenvalue weighted by molar-refractivity contribution is -0.138. The first-order valence-electron chi connectivity index (χ1n) is 4.35. The molecule has 0 fully saturated rings. The summed E-state index contributed by atoms with van der Waals surface area (Å²) in [6, 6.07) is 2.56. The molecular formula is C10H8F4N2. The first kappa shape index (κ1) is 12.5. The first-order chi connectivity index (χ1) is 7.36. The molecule has 0 spiro atoms. The van der Waals surface area contributed by atoms with Crippen LogP contribution in [0.1, 0.15) is 23.6 Å². The fourth-order valence-corrected chi connectivity index (χ4v) is 1.31. The van der Waals surface area contributed by atoms with Crippen molar-refractivity contribution >= 4 is 0 Å². The van der Waals surface area contributed by atoms with Gasteiger partial charge < -0.3 is 5.73 Å². The summed E-state index contributed by atoms with van der Waals surface area (Å²) in [4.78, 5) is 0. The van der Waals surface area contributed by atoms with E-state index in [2.05, 4.69) is 0 Å². The molecule has 2 N–H and O–H groups in total. The normalized spacial score (nSPS) is 13.2. The molecule has 1 atom stereocenters. The van der Waals surface area contributed by atoms with Gasteiger partial charge in [0, 0.05) is 6.04 Å². The fraction of sp³-hybridized carbons (Fsp3) is 0.300. The molecule has 0 bridgehead atoms. The molecule has 0 radical (unpaired) electrons. The van der Waals surface area contributed by atoms with Gasteiger partial charge in [-0.25, -0.2) is 4.39 Å². The number of nitrogens with zero attached hydrogens (tertiary/aromatic N) is 1. The van der Waals surface area contributed by atoms with Crippen LogP contribution >= 0.6 is 0 Å². The molecular weight excluding hydrogens is 224 g/mol. The number of halogens is 4. The van der Waals surface area contributed by atoms with Crippen LogP contribution in [-0.2, 0) is 6.18 Å². The highest BCUT2D eigenvalue weighted by Gasteiger charge is 2.34. The number of nitrogens with two attached hydrogens (primary N) is 1. The van der Waals surface area contributed by atoms with Crippen LogP contribution in [0.15, 0.2) is 18.2 Å². The van der Waals surface area contributed by atoms with Crippen molar-refractivity contribution < 1.29 is 17.6 Å². The number of hydrogen-bond acceptors (Lipinski definition) is 2. The molecule has 1 aromatic carbocycles. The number of alkyl halides is 3. The molecule has 2 nitrogen and oxygen atoms in total. The third kappa shape index (κ3) is 2.70. The van der Waals surface area contributed by atoms with Gasteiger partial charge in [0.2, 0.25) is 0 Å². The third-order valence-electron chi connectivity index (χ3n) is 2.03. The van der Waals surface area contributed by atoms with Crippen LogP contribution < -0.4 is 5.73 Å². The molecule has 0 amide bonds. The summed E-state index contributed by atoms with van der Waals surface area (Å²) >= 11 is 0. The van der Waals surface area contributed by atoms with Crippen molar-refractivity contribution in [3.05, 3.63) is 35.1 Å². The topological polar surface area (TPSA) is 49.8 Å². The van der Waals surface area contributed by atoms with E-state index in [0.717, 1.165) is 0 Å². The molecule has 0 unspecified atom stereocenters. The van der Waals surface area contributed by atoms with Gasteiger partial charge in [-0.3, -0.25) is 0 Å². The second-order valence-electron chi connectivity index (χ2n) is 3.20. The highest BCUT2D eigenvalue weighted by molar-refractivity contribution is 5.33. The first-order valence-corrected chi connectivity index (χ1v) is 4.35. The molecule has 0 heterocycles. The average Bonchev–Trinajstić information content (AvgIpc) is 2.16. The second kappa shape index (κ2) is 4.49. The Kier molecular flexibility index (Phi) is 3.50. The molecule has 0 aromatic heterocycles. The van der Waals surface area contributed by atoms with Crippen LogP contribution in [0.3, 0.4) is 0 Å². The Balaban J connectivity index is 3.24. The summed E-state index contributed by atoms with van der Waals surface area (Å²) in [5.41, 5.74) is 3.99. The Morgan fingerprint density at radius 3 is 2.50 bits per heavy atom. The minimum atomic E-state index is -4.60. The molecule has 1 rings (SSSR count). The Bertz CT molecular complexity index is 420. The zero-order chi connectivity index (χ0) is 12.3. The predicted octanol–water partition coefficient (Wildman–Crippen LogP) is 2.76. The summed E-state index contributed by atoms with van der Waals surface area (Å²) < 4.78 is 50.4. The maximum atomic E-state index is 12.8. The Hall–Kier alpha value is -1.61. The van der Waals surface area contributed by atoms with E-state index in [1.165, 1.54) is 0 Å². The predicted molar refractivity (Wildman–Crippen MR) is 48.6 cm³/mol. The lowest BCUT2D eigenvalue weighted by atomic mass is 9.98. The summed E-state index contributed by atoms with van der Waals surface area (Å²) in [5.74, 6) is -0.809. The summed E-state index contributed by atoms with van der Waals surface area (Å²) in [7, 11) is 0. The summed E-state index contributed by atoms with van der Waals surface area (Å²) in [5, 5.41) is 8.36. The summed E-state index contributed by atoms with van der Waals surface area (Å²) in [6.45, 7) is 0. The van der Waals surface area contributed by atoms with Crippen LogP contribution in [0.5, 0.6) is 0 Å². The van der Waals surface area contributed by atoms with E-state index in [1.807, 2.05) is 0 Å². The van der Waals surface area contributed by atoms with Crippen LogP contribution in [-0.4, -0.2) is 0 Å². The van der Waals surface area contributed by atoms with Gasteiger partial charge in [0.05, 0.1) is 18.1 Å². The van der Waals surface area contributed by atoms with Crippen molar-refractivity contribution in [3.8, 4) is 6.07 Å². The molecule has 0 aliphatic heterocycles. The Labute approximate surface area is 89.3 Å². The van der Waals surface area contributed by atoms with Crippen LogP contribution in [0.25, 0.3) is 0 Å². The van der Waals surface area contributed by atoms with Crippen molar-refractivity contribution in [2.24, 2.45) is 5.73 Å². The Morgan fingerprint density at radius 1 is 1.38 bits per heavy atom. The lowest BCUT2D eigenvalue weighted by Crippen LogP contribution is -2.17. The second-order valence-corrected chi connectivity index (χ2v) is 3.20. The number of rotatable bonds is 2. The third-order valence-corrected chi connectivity index (χ3v) is 2.03. The lowest BCUT2D eigenvalue weighted by Gasteiger charge is -2.16. The minimum absolute atomic E-state index is 0.299. The van der Waals surface area contributed by atoms with E-state index in [9.17, 15) is 17.6 Å². The highest BCUT2D eigenvalue weighted by Crippen LogP contribution is 2.35. The van der Waals surface area contributed by atoms with Gasteiger partial charge in [-0.2, -0.15) is 18.4 Å². The van der Waals surface area contributed by atoms with E-state index in [0.29, 0.717) is 18.2 Å². The molecule has 0 saturated carbocycles. The zero-order valence-corrected chi connectivity index (χ0v) is 8.05. The number of benzene rings is 1. The van der Waals surface area contributed by atoms with Gasteiger partial charge in [0.1, 0.15) is 5.82 Å². The van der Waals surface area contributed by atoms with Crippen LogP contribution in [0.4, 0.5) is 17.6 Å². The van der Waals surface area contributed by atoms with Crippen molar-refractivity contribution in [1.29, 1.82) is 5.26 Å². The molecule has 86 valence electrons. The van der Waals surface area contributed by atoms with Crippen LogP contribution in [0.2, 0.25) is 0 Å². The van der Waals surface area contributed by atoms with E-state index in [4.69, 9.17) is 11.0 Å². The van der Waals surface area contributed by atoms with Crippen molar-refractivity contribution in [2.45, 2.75) is 18.6 Å². The fourth-order valence-electron chi connectivity index (χ4n) is 1.31. The average molecular weight is 232 g/mol. The number of hydrogen-bond donors (Lipinski definition) is 1. The maximum absolute atomic E-state index is 12.8. The number of nitriles is 1. The molecule has 6 heteroatoms. The van der Waals surface area contributed by atoms with Gasteiger partial charge in [0.15, 0.2) is 0 Å². The standard InChI is InChI=1S/C10H8F4N2/c11-6-1-2-8(10(12,13)14)7(5-6)9(16)3-4-15/h1-2,5,9H,3,16H2/t9-/m0/s1. The Morgan fingerprint density at radius 2 is 2.00 bits per heavy atom. The van der Waals surface area contributed by atoms with Crippen LogP contribution in [0, 0.1) is 17.1 Å². The van der Waals surface area contributed by atoms with Gasteiger partial charge in [-0.15, -0.1) is 0 Å². The molecule has 0 aliphatic rings. The van der Waals surface area contributed by atoms with E-state index in [1.54, 1.807) is 6.07 Å². The molecule has 0 aliphatic carbocycles. The molecule has 1 aromatic rings. The van der Waals surface area contributed by atoms with E-state index < -0.39 is 29.2 Å². The van der Waals surface area contributed by atoms with Gasteiger partial charge in [0.25, 0.3) is 0 Å². The maximum Gasteiger partial charge on any atom is 0.416 e. The monoisotopic (exact) mass is 232 g/mol. The largest absolute Gasteiger partial charge is 0.416 e. The quantitative estimate of drug-likeness (QED) is 0.797. The molecule has 0 saturated heterocycles. The minimum Gasteiger partial charge on any atom is -0.323 e. The summed E-state index contributed by atoms with van der Waals surface area (Å²) in [6.07, 6.45) is -4.90. The van der Waals surface area contributed by atoms with Crippen molar-refractivity contribution in [2.75, 3.05) is 0 Å². The zero-order valence-electron chi connectivity index (χ0n) is 8.05. The van der Waals surface area contributed by atoms with Gasteiger partial charge in [-0.05, 0) is 23.8 Å². The van der Waals surface area contributed by atoms with Gasteiger partial charge >= 0.3 is 6.18 Å². The van der Waals surface area contributed by atoms with E-state index in [-0.39, 0.29) is 6.42 Å². The van der Waals surface area contributed by atoms with Crippen molar-refractivity contribution in [1.82, 2.24) is 0 Å². The molecule has 16 heavy (non-hydrogen) atoms.